The van der Waals surface area contributed by atoms with E-state index in [1.54, 1.807) is 20.8 Å². The highest BCUT2D eigenvalue weighted by atomic mass is 16.5. The Balaban J connectivity index is 2.78. The molecule has 0 aromatic carbocycles. The minimum atomic E-state index is -0.889. The van der Waals surface area contributed by atoms with Gasteiger partial charge in [-0.05, 0) is 46.0 Å². The molecule has 16 heavy (non-hydrogen) atoms. The first-order chi connectivity index (χ1) is 7.37. The SMILES string of the molecule is CCOC(=O)C(C)(C)C1(O)CCC(CC)C1. The van der Waals surface area contributed by atoms with Gasteiger partial charge in [0.15, 0.2) is 0 Å². The van der Waals surface area contributed by atoms with E-state index in [-0.39, 0.29) is 5.97 Å². The molecular formula is C13H24O3. The van der Waals surface area contributed by atoms with E-state index in [1.807, 2.05) is 0 Å². The summed E-state index contributed by atoms with van der Waals surface area (Å²) in [7, 11) is 0. The van der Waals surface area contributed by atoms with Crippen molar-refractivity contribution in [3.63, 3.8) is 0 Å². The molecule has 1 N–H and O–H groups in total. The first kappa shape index (κ1) is 13.5. The van der Waals surface area contributed by atoms with E-state index in [9.17, 15) is 9.90 Å². The van der Waals surface area contributed by atoms with Gasteiger partial charge in [-0.2, -0.15) is 0 Å². The molecule has 3 nitrogen and oxygen atoms in total. The van der Waals surface area contributed by atoms with Crippen LogP contribution in [0.3, 0.4) is 0 Å². The Bertz CT molecular complexity index is 260. The predicted octanol–water partition coefficient (Wildman–Crippen LogP) is 2.52. The van der Waals surface area contributed by atoms with E-state index in [2.05, 4.69) is 6.92 Å². The summed E-state index contributed by atoms with van der Waals surface area (Å²) in [6.45, 7) is 7.89. The monoisotopic (exact) mass is 228 g/mol. The van der Waals surface area contributed by atoms with Gasteiger partial charge in [0, 0.05) is 0 Å². The zero-order valence-electron chi connectivity index (χ0n) is 10.9. The average Bonchev–Trinajstić information content (AvgIpc) is 2.62. The van der Waals surface area contributed by atoms with Crippen molar-refractivity contribution in [2.75, 3.05) is 6.61 Å². The molecule has 0 saturated heterocycles. The molecule has 0 bridgehead atoms. The fraction of sp³-hybridized carbons (Fsp3) is 0.923. The van der Waals surface area contributed by atoms with Crippen LogP contribution in [0.2, 0.25) is 0 Å². The van der Waals surface area contributed by atoms with Crippen LogP contribution in [0, 0.1) is 11.3 Å². The van der Waals surface area contributed by atoms with Crippen molar-refractivity contribution in [2.45, 2.75) is 59.0 Å². The molecule has 1 aliphatic rings. The van der Waals surface area contributed by atoms with Crippen LogP contribution in [0.15, 0.2) is 0 Å². The van der Waals surface area contributed by atoms with E-state index in [0.29, 0.717) is 18.9 Å². The number of hydrogen-bond donors (Lipinski definition) is 1. The number of rotatable bonds is 4. The molecule has 94 valence electrons. The summed E-state index contributed by atoms with van der Waals surface area (Å²) < 4.78 is 5.05. The van der Waals surface area contributed by atoms with E-state index < -0.39 is 11.0 Å². The molecule has 1 fully saturated rings. The van der Waals surface area contributed by atoms with Crippen molar-refractivity contribution in [3.8, 4) is 0 Å². The second-order valence-electron chi connectivity index (χ2n) is 5.39. The lowest BCUT2D eigenvalue weighted by molar-refractivity contribution is -0.170. The topological polar surface area (TPSA) is 46.5 Å². The smallest absolute Gasteiger partial charge is 0.314 e. The van der Waals surface area contributed by atoms with E-state index >= 15 is 0 Å². The number of ether oxygens (including phenoxy) is 1. The lowest BCUT2D eigenvalue weighted by atomic mass is 9.73. The Morgan fingerprint density at radius 2 is 2.12 bits per heavy atom. The Kier molecular flexibility index (Phi) is 4.00. The molecule has 1 rings (SSSR count). The lowest BCUT2D eigenvalue weighted by Crippen LogP contribution is -2.48. The number of esters is 1. The molecule has 1 aliphatic carbocycles. The third kappa shape index (κ3) is 2.24. The molecule has 2 unspecified atom stereocenters. The maximum atomic E-state index is 11.9. The summed E-state index contributed by atoms with van der Waals surface area (Å²) in [6, 6.07) is 0. The van der Waals surface area contributed by atoms with Gasteiger partial charge in [-0.15, -0.1) is 0 Å². The third-order valence-electron chi connectivity index (χ3n) is 4.12. The highest BCUT2D eigenvalue weighted by Gasteiger charge is 2.53. The van der Waals surface area contributed by atoms with E-state index in [1.165, 1.54) is 0 Å². The van der Waals surface area contributed by atoms with Gasteiger partial charge in [-0.3, -0.25) is 4.79 Å². The highest BCUT2D eigenvalue weighted by Crippen LogP contribution is 2.47. The molecular weight excluding hydrogens is 204 g/mol. The van der Waals surface area contributed by atoms with Gasteiger partial charge in [0.05, 0.1) is 17.6 Å². The molecule has 0 aliphatic heterocycles. The summed E-state index contributed by atoms with van der Waals surface area (Å²) in [5.41, 5.74) is -1.69. The zero-order valence-corrected chi connectivity index (χ0v) is 10.9. The average molecular weight is 228 g/mol. The van der Waals surface area contributed by atoms with Crippen LogP contribution in [0.1, 0.15) is 53.4 Å². The summed E-state index contributed by atoms with van der Waals surface area (Å²) >= 11 is 0. The van der Waals surface area contributed by atoms with Crippen LogP contribution < -0.4 is 0 Å². The third-order valence-corrected chi connectivity index (χ3v) is 4.12. The van der Waals surface area contributed by atoms with Gasteiger partial charge in [-0.1, -0.05) is 13.3 Å². The van der Waals surface area contributed by atoms with Crippen LogP contribution in [-0.4, -0.2) is 23.3 Å². The van der Waals surface area contributed by atoms with Gasteiger partial charge >= 0.3 is 5.97 Å². The Labute approximate surface area is 98.2 Å². The molecule has 0 radical (unpaired) electrons. The van der Waals surface area contributed by atoms with Gasteiger partial charge in [0.1, 0.15) is 0 Å². The van der Waals surface area contributed by atoms with E-state index in [0.717, 1.165) is 19.3 Å². The Morgan fingerprint density at radius 3 is 2.56 bits per heavy atom. The maximum Gasteiger partial charge on any atom is 0.314 e. The molecule has 0 heterocycles. The zero-order chi connectivity index (χ0) is 12.4. The minimum absolute atomic E-state index is 0.283. The van der Waals surface area contributed by atoms with Crippen molar-refractivity contribution < 1.29 is 14.6 Å². The predicted molar refractivity (Wildman–Crippen MR) is 63.0 cm³/mol. The number of hydrogen-bond acceptors (Lipinski definition) is 3. The molecule has 0 spiro atoms. The van der Waals surface area contributed by atoms with Crippen LogP contribution >= 0.6 is 0 Å². The largest absolute Gasteiger partial charge is 0.465 e. The lowest BCUT2D eigenvalue weighted by Gasteiger charge is -2.38. The normalized spacial score (nSPS) is 30.4. The minimum Gasteiger partial charge on any atom is -0.465 e. The quantitative estimate of drug-likeness (QED) is 0.752. The molecule has 1 saturated carbocycles. The molecule has 0 aromatic rings. The second-order valence-corrected chi connectivity index (χ2v) is 5.39. The summed E-state index contributed by atoms with van der Waals surface area (Å²) in [5.74, 6) is 0.257. The summed E-state index contributed by atoms with van der Waals surface area (Å²) in [6.07, 6.45) is 3.50. The summed E-state index contributed by atoms with van der Waals surface area (Å²) in [5, 5.41) is 10.6. The first-order valence-corrected chi connectivity index (χ1v) is 6.27. The fourth-order valence-corrected chi connectivity index (χ4v) is 2.54. The van der Waals surface area contributed by atoms with Crippen LogP contribution in [0.25, 0.3) is 0 Å². The molecule has 2 atom stereocenters. The number of aliphatic hydroxyl groups is 1. The van der Waals surface area contributed by atoms with Crippen molar-refractivity contribution in [1.82, 2.24) is 0 Å². The van der Waals surface area contributed by atoms with Crippen LogP contribution in [0.5, 0.6) is 0 Å². The van der Waals surface area contributed by atoms with Gasteiger partial charge in [-0.25, -0.2) is 0 Å². The molecule has 0 aromatic heterocycles. The standard InChI is InChI=1S/C13H24O3/c1-5-10-7-8-13(15,9-10)12(3,4)11(14)16-6-2/h10,15H,5-9H2,1-4H3. The van der Waals surface area contributed by atoms with Crippen LogP contribution in [-0.2, 0) is 9.53 Å². The van der Waals surface area contributed by atoms with E-state index in [4.69, 9.17) is 4.74 Å². The first-order valence-electron chi connectivity index (χ1n) is 6.27. The van der Waals surface area contributed by atoms with Gasteiger partial charge in [0.25, 0.3) is 0 Å². The highest BCUT2D eigenvalue weighted by molar-refractivity contribution is 5.77. The van der Waals surface area contributed by atoms with Crippen molar-refractivity contribution in [2.24, 2.45) is 11.3 Å². The van der Waals surface area contributed by atoms with Crippen molar-refractivity contribution in [3.05, 3.63) is 0 Å². The van der Waals surface area contributed by atoms with Crippen LogP contribution in [0.4, 0.5) is 0 Å². The number of carbonyl (C=O) groups is 1. The van der Waals surface area contributed by atoms with Gasteiger partial charge < -0.3 is 9.84 Å². The fourth-order valence-electron chi connectivity index (χ4n) is 2.54. The Morgan fingerprint density at radius 1 is 1.50 bits per heavy atom. The maximum absolute atomic E-state index is 11.9. The van der Waals surface area contributed by atoms with Crippen molar-refractivity contribution in [1.29, 1.82) is 0 Å². The molecule has 3 heteroatoms. The summed E-state index contributed by atoms with van der Waals surface area (Å²) in [4.78, 5) is 11.9. The second kappa shape index (κ2) is 4.74. The Hall–Kier alpha value is -0.570. The number of carbonyl (C=O) groups excluding carboxylic acids is 1. The molecule has 0 amide bonds. The van der Waals surface area contributed by atoms with Gasteiger partial charge in [0.2, 0.25) is 0 Å². The van der Waals surface area contributed by atoms with Crippen molar-refractivity contribution >= 4 is 5.97 Å².